The van der Waals surface area contributed by atoms with Crippen LogP contribution in [0.3, 0.4) is 0 Å². The van der Waals surface area contributed by atoms with E-state index in [0.29, 0.717) is 19.0 Å². The lowest BCUT2D eigenvalue weighted by molar-refractivity contribution is 0.969. The third kappa shape index (κ3) is 3.99. The minimum Gasteiger partial charge on any atom is -0.370 e. The number of nitrogens with two attached hydrogens (primary N) is 2. The molecule has 0 heterocycles. The lowest BCUT2D eigenvalue weighted by Gasteiger charge is -2.06. The summed E-state index contributed by atoms with van der Waals surface area (Å²) >= 11 is 0. The molecule has 0 saturated carbocycles. The second-order valence-corrected chi connectivity index (χ2v) is 3.22. The zero-order chi connectivity index (χ0) is 11.1. The maximum absolute atomic E-state index is 5.63. The molecule has 1 rings (SSSR count). The molecule has 4 nitrogen and oxygen atoms in total. The number of anilines is 1. The Morgan fingerprint density at radius 2 is 2.00 bits per heavy atom. The van der Waals surface area contributed by atoms with Crippen LogP contribution in [0.25, 0.3) is 0 Å². The zero-order valence-corrected chi connectivity index (χ0v) is 9.03. The molecule has 4 heteroatoms. The highest BCUT2D eigenvalue weighted by atomic mass is 15.1. The molecule has 0 aromatic heterocycles. The van der Waals surface area contributed by atoms with Crippen molar-refractivity contribution in [1.29, 1.82) is 0 Å². The van der Waals surface area contributed by atoms with Crippen LogP contribution in [-0.2, 0) is 6.42 Å². The standard InChI is InChI=1S/C11H18N4/c1-2-14-11(13)15-10-5-3-9(4-6-10)7-8-12/h3-6H,2,7-8,12H2,1H3,(H3,13,14,15). The minimum absolute atomic E-state index is 0.448. The van der Waals surface area contributed by atoms with Crippen molar-refractivity contribution in [3.63, 3.8) is 0 Å². The van der Waals surface area contributed by atoms with Gasteiger partial charge in [0.05, 0.1) is 0 Å². The largest absolute Gasteiger partial charge is 0.370 e. The van der Waals surface area contributed by atoms with E-state index in [-0.39, 0.29) is 0 Å². The first-order chi connectivity index (χ1) is 7.26. The van der Waals surface area contributed by atoms with E-state index in [2.05, 4.69) is 10.3 Å². The Morgan fingerprint density at radius 3 is 2.53 bits per heavy atom. The Balaban J connectivity index is 2.60. The summed E-state index contributed by atoms with van der Waals surface area (Å²) in [5, 5.41) is 3.01. The number of benzene rings is 1. The fourth-order valence-electron chi connectivity index (χ4n) is 1.28. The fourth-order valence-corrected chi connectivity index (χ4v) is 1.28. The topological polar surface area (TPSA) is 76.4 Å². The molecule has 0 unspecified atom stereocenters. The summed E-state index contributed by atoms with van der Waals surface area (Å²) in [5.41, 5.74) is 13.3. The van der Waals surface area contributed by atoms with Gasteiger partial charge < -0.3 is 16.8 Å². The molecule has 1 aromatic rings. The molecular weight excluding hydrogens is 188 g/mol. The first-order valence-corrected chi connectivity index (χ1v) is 5.12. The molecule has 0 spiro atoms. The van der Waals surface area contributed by atoms with Gasteiger partial charge in [-0.3, -0.25) is 4.99 Å². The van der Waals surface area contributed by atoms with Crippen molar-refractivity contribution in [3.05, 3.63) is 29.8 Å². The fraction of sp³-hybridized carbons (Fsp3) is 0.364. The minimum atomic E-state index is 0.448. The second kappa shape index (κ2) is 6.03. The molecule has 0 aliphatic heterocycles. The van der Waals surface area contributed by atoms with Gasteiger partial charge in [-0.1, -0.05) is 12.1 Å². The Morgan fingerprint density at radius 1 is 1.33 bits per heavy atom. The Hall–Kier alpha value is -1.55. The van der Waals surface area contributed by atoms with Gasteiger partial charge in [-0.15, -0.1) is 0 Å². The van der Waals surface area contributed by atoms with E-state index in [4.69, 9.17) is 11.5 Å². The summed E-state index contributed by atoms with van der Waals surface area (Å²) in [6.45, 7) is 3.30. The predicted molar refractivity (Wildman–Crippen MR) is 65.0 cm³/mol. The van der Waals surface area contributed by atoms with Gasteiger partial charge >= 0.3 is 0 Å². The third-order valence-corrected chi connectivity index (χ3v) is 1.99. The van der Waals surface area contributed by atoms with E-state index in [1.165, 1.54) is 5.56 Å². The molecular formula is C11H18N4. The van der Waals surface area contributed by atoms with Gasteiger partial charge in [0.25, 0.3) is 0 Å². The summed E-state index contributed by atoms with van der Waals surface area (Å²) in [6, 6.07) is 8.02. The molecule has 5 N–H and O–H groups in total. The smallest absolute Gasteiger partial charge is 0.193 e. The Bertz CT molecular complexity index is 316. The maximum Gasteiger partial charge on any atom is 0.193 e. The summed E-state index contributed by atoms with van der Waals surface area (Å²) in [6.07, 6.45) is 0.902. The van der Waals surface area contributed by atoms with Crippen molar-refractivity contribution >= 4 is 11.6 Å². The number of aliphatic imine (C=N–C) groups is 1. The molecule has 0 aliphatic carbocycles. The molecule has 0 radical (unpaired) electrons. The maximum atomic E-state index is 5.63. The summed E-state index contributed by atoms with van der Waals surface area (Å²) in [4.78, 5) is 4.04. The average Bonchev–Trinajstić information content (AvgIpc) is 2.22. The van der Waals surface area contributed by atoms with Gasteiger partial charge in [-0.25, -0.2) is 0 Å². The Kier molecular flexibility index (Phi) is 4.63. The first-order valence-electron chi connectivity index (χ1n) is 5.12. The highest BCUT2D eigenvalue weighted by molar-refractivity contribution is 5.92. The van der Waals surface area contributed by atoms with Crippen molar-refractivity contribution in [1.82, 2.24) is 0 Å². The number of nitrogens with one attached hydrogen (secondary N) is 1. The van der Waals surface area contributed by atoms with Crippen LogP contribution in [0.15, 0.2) is 29.3 Å². The van der Waals surface area contributed by atoms with Crippen LogP contribution in [-0.4, -0.2) is 19.0 Å². The average molecular weight is 206 g/mol. The van der Waals surface area contributed by atoms with E-state index in [1.807, 2.05) is 31.2 Å². The highest BCUT2D eigenvalue weighted by Gasteiger charge is 1.95. The predicted octanol–water partition coefficient (Wildman–Crippen LogP) is 0.934. The van der Waals surface area contributed by atoms with Gasteiger partial charge in [0.2, 0.25) is 0 Å². The summed E-state index contributed by atoms with van der Waals surface area (Å²) in [7, 11) is 0. The van der Waals surface area contributed by atoms with Gasteiger partial charge in [-0.05, 0) is 37.6 Å². The van der Waals surface area contributed by atoms with Crippen molar-refractivity contribution in [2.24, 2.45) is 16.5 Å². The molecule has 0 atom stereocenters. The molecule has 1 aromatic carbocycles. The molecule has 0 amide bonds. The van der Waals surface area contributed by atoms with Crippen LogP contribution in [0, 0.1) is 0 Å². The third-order valence-electron chi connectivity index (χ3n) is 1.99. The van der Waals surface area contributed by atoms with Crippen LogP contribution in [0.1, 0.15) is 12.5 Å². The molecule has 0 aliphatic rings. The van der Waals surface area contributed by atoms with Gasteiger partial charge in [-0.2, -0.15) is 0 Å². The molecule has 0 bridgehead atoms. The quantitative estimate of drug-likeness (QED) is 0.507. The van der Waals surface area contributed by atoms with Crippen LogP contribution in [0.5, 0.6) is 0 Å². The van der Waals surface area contributed by atoms with Crippen molar-refractivity contribution in [2.75, 3.05) is 18.4 Å². The second-order valence-electron chi connectivity index (χ2n) is 3.22. The monoisotopic (exact) mass is 206 g/mol. The molecule has 0 saturated heterocycles. The van der Waals surface area contributed by atoms with Crippen molar-refractivity contribution < 1.29 is 0 Å². The van der Waals surface area contributed by atoms with E-state index in [1.54, 1.807) is 0 Å². The molecule has 15 heavy (non-hydrogen) atoms. The van der Waals surface area contributed by atoms with Crippen LogP contribution >= 0.6 is 0 Å². The lowest BCUT2D eigenvalue weighted by Crippen LogP contribution is -2.22. The number of hydrogen-bond acceptors (Lipinski definition) is 2. The Labute approximate surface area is 90.4 Å². The van der Waals surface area contributed by atoms with Gasteiger partial charge in [0.1, 0.15) is 0 Å². The number of guanidine groups is 1. The van der Waals surface area contributed by atoms with E-state index >= 15 is 0 Å². The first kappa shape index (κ1) is 11.5. The lowest BCUT2D eigenvalue weighted by atomic mass is 10.1. The van der Waals surface area contributed by atoms with E-state index in [0.717, 1.165) is 12.1 Å². The molecule has 82 valence electrons. The van der Waals surface area contributed by atoms with E-state index < -0.39 is 0 Å². The van der Waals surface area contributed by atoms with Crippen molar-refractivity contribution in [3.8, 4) is 0 Å². The number of nitrogens with zero attached hydrogens (tertiary/aromatic N) is 1. The van der Waals surface area contributed by atoms with Crippen molar-refractivity contribution in [2.45, 2.75) is 13.3 Å². The molecule has 0 fully saturated rings. The number of rotatable bonds is 4. The summed E-state index contributed by atoms with van der Waals surface area (Å²) < 4.78 is 0. The van der Waals surface area contributed by atoms with Gasteiger partial charge in [0.15, 0.2) is 5.96 Å². The van der Waals surface area contributed by atoms with Crippen LogP contribution in [0.4, 0.5) is 5.69 Å². The van der Waals surface area contributed by atoms with Crippen LogP contribution < -0.4 is 16.8 Å². The van der Waals surface area contributed by atoms with E-state index in [9.17, 15) is 0 Å². The number of hydrogen-bond donors (Lipinski definition) is 3. The normalized spacial score (nSPS) is 11.5. The summed E-state index contributed by atoms with van der Waals surface area (Å²) in [5.74, 6) is 0.448. The van der Waals surface area contributed by atoms with Crippen LogP contribution in [0.2, 0.25) is 0 Å². The highest BCUT2D eigenvalue weighted by Crippen LogP contribution is 2.09. The SMILES string of the molecule is CCN=C(N)Nc1ccc(CCN)cc1. The zero-order valence-electron chi connectivity index (χ0n) is 9.03. The van der Waals surface area contributed by atoms with Gasteiger partial charge in [0, 0.05) is 12.2 Å².